The van der Waals surface area contributed by atoms with Crippen molar-refractivity contribution >= 4 is 34.7 Å². The zero-order valence-electron chi connectivity index (χ0n) is 14.0. The minimum atomic E-state index is -0.185. The molecule has 0 bridgehead atoms. The number of carbonyl (C=O) groups is 1. The van der Waals surface area contributed by atoms with E-state index in [1.807, 2.05) is 72.8 Å². The molecule has 0 radical (unpaired) electrons. The van der Waals surface area contributed by atoms with Crippen LogP contribution < -0.4 is 10.6 Å². The lowest BCUT2D eigenvalue weighted by Gasteiger charge is -2.10. The lowest BCUT2D eigenvalue weighted by molar-refractivity contribution is 0.102. The second kappa shape index (κ2) is 8.75. The molecule has 128 valence electrons. The highest BCUT2D eigenvalue weighted by atomic mass is 32.2. The Balaban J connectivity index is 1.68. The standard InChI is InChI=1S/C21H17N3OS/c22-14-15-26-20-9-5-4-8-19(20)21(25)24-18-12-10-17(11-13-18)23-16-6-2-1-3-7-16/h1-13,23H,15H2,(H,24,25). The first-order chi connectivity index (χ1) is 12.8. The van der Waals surface area contributed by atoms with Crippen molar-refractivity contribution in [3.63, 3.8) is 0 Å². The van der Waals surface area contributed by atoms with Crippen LogP contribution in [-0.2, 0) is 0 Å². The van der Waals surface area contributed by atoms with Crippen LogP contribution in [0.3, 0.4) is 0 Å². The highest BCUT2D eigenvalue weighted by Gasteiger charge is 2.11. The normalized spacial score (nSPS) is 9.96. The summed E-state index contributed by atoms with van der Waals surface area (Å²) in [6.07, 6.45) is 0. The van der Waals surface area contributed by atoms with Crippen molar-refractivity contribution in [1.82, 2.24) is 0 Å². The molecule has 4 nitrogen and oxygen atoms in total. The van der Waals surface area contributed by atoms with Crippen LogP contribution in [0.1, 0.15) is 10.4 Å². The van der Waals surface area contributed by atoms with E-state index in [1.165, 1.54) is 11.8 Å². The van der Waals surface area contributed by atoms with Gasteiger partial charge in [0.1, 0.15) is 0 Å². The lowest BCUT2D eigenvalue weighted by Crippen LogP contribution is -2.13. The molecule has 3 aromatic rings. The van der Waals surface area contributed by atoms with E-state index in [9.17, 15) is 4.79 Å². The summed E-state index contributed by atoms with van der Waals surface area (Å²) >= 11 is 1.36. The van der Waals surface area contributed by atoms with Gasteiger partial charge in [-0.15, -0.1) is 11.8 Å². The number of anilines is 3. The third kappa shape index (κ3) is 4.65. The molecule has 0 atom stereocenters. The Hall–Kier alpha value is -3.23. The van der Waals surface area contributed by atoms with Gasteiger partial charge in [-0.2, -0.15) is 5.26 Å². The zero-order chi connectivity index (χ0) is 18.2. The second-order valence-corrected chi connectivity index (χ2v) is 6.48. The molecule has 3 rings (SSSR count). The number of carbonyl (C=O) groups excluding carboxylic acids is 1. The average molecular weight is 359 g/mol. The van der Waals surface area contributed by atoms with Crippen LogP contribution in [0.2, 0.25) is 0 Å². The van der Waals surface area contributed by atoms with Gasteiger partial charge in [-0.1, -0.05) is 30.3 Å². The van der Waals surface area contributed by atoms with E-state index in [1.54, 1.807) is 6.07 Å². The van der Waals surface area contributed by atoms with Crippen molar-refractivity contribution in [2.24, 2.45) is 0 Å². The number of nitrogens with zero attached hydrogens (tertiary/aromatic N) is 1. The Morgan fingerprint density at radius 3 is 2.19 bits per heavy atom. The Labute approximate surface area is 156 Å². The summed E-state index contributed by atoms with van der Waals surface area (Å²) in [5, 5.41) is 15.0. The van der Waals surface area contributed by atoms with Gasteiger partial charge in [-0.3, -0.25) is 4.79 Å². The fraction of sp³-hybridized carbons (Fsp3) is 0.0476. The van der Waals surface area contributed by atoms with Crippen molar-refractivity contribution in [3.8, 4) is 6.07 Å². The molecule has 0 heterocycles. The van der Waals surface area contributed by atoms with Gasteiger partial charge in [0.2, 0.25) is 0 Å². The van der Waals surface area contributed by atoms with Gasteiger partial charge in [-0.05, 0) is 48.5 Å². The Morgan fingerprint density at radius 1 is 0.846 bits per heavy atom. The topological polar surface area (TPSA) is 64.9 Å². The number of hydrogen-bond donors (Lipinski definition) is 2. The molecule has 0 aromatic heterocycles. The molecule has 0 aliphatic rings. The Morgan fingerprint density at radius 2 is 1.46 bits per heavy atom. The number of rotatable bonds is 6. The molecule has 5 heteroatoms. The number of benzene rings is 3. The van der Waals surface area contributed by atoms with E-state index in [0.717, 1.165) is 16.3 Å². The minimum absolute atomic E-state index is 0.185. The van der Waals surface area contributed by atoms with Crippen LogP contribution in [0.5, 0.6) is 0 Å². The molecule has 0 unspecified atom stereocenters. The smallest absolute Gasteiger partial charge is 0.256 e. The fourth-order valence-electron chi connectivity index (χ4n) is 2.41. The lowest BCUT2D eigenvalue weighted by atomic mass is 10.2. The number of amides is 1. The zero-order valence-corrected chi connectivity index (χ0v) is 14.8. The summed E-state index contributed by atoms with van der Waals surface area (Å²) in [7, 11) is 0. The molecule has 0 saturated heterocycles. The highest BCUT2D eigenvalue weighted by Crippen LogP contribution is 2.24. The van der Waals surface area contributed by atoms with Gasteiger partial charge in [0.25, 0.3) is 5.91 Å². The van der Waals surface area contributed by atoms with Gasteiger partial charge >= 0.3 is 0 Å². The van der Waals surface area contributed by atoms with E-state index >= 15 is 0 Å². The van der Waals surface area contributed by atoms with Crippen molar-refractivity contribution < 1.29 is 4.79 Å². The number of nitriles is 1. The average Bonchev–Trinajstić information content (AvgIpc) is 2.69. The summed E-state index contributed by atoms with van der Waals surface area (Å²) < 4.78 is 0. The van der Waals surface area contributed by atoms with Gasteiger partial charge < -0.3 is 10.6 Å². The predicted molar refractivity (Wildman–Crippen MR) is 107 cm³/mol. The van der Waals surface area contributed by atoms with E-state index < -0.39 is 0 Å². The van der Waals surface area contributed by atoms with Crippen LogP contribution >= 0.6 is 11.8 Å². The predicted octanol–water partition coefficient (Wildman–Crippen LogP) is 5.30. The Kier molecular flexibility index (Phi) is 5.92. The third-order valence-electron chi connectivity index (χ3n) is 3.63. The first-order valence-electron chi connectivity index (χ1n) is 8.08. The molecule has 1 amide bonds. The Bertz CT molecular complexity index is 918. The molecule has 0 aliphatic carbocycles. The second-order valence-electron chi connectivity index (χ2n) is 5.47. The quantitative estimate of drug-likeness (QED) is 0.586. The molecule has 0 fully saturated rings. The van der Waals surface area contributed by atoms with E-state index in [0.29, 0.717) is 17.0 Å². The highest BCUT2D eigenvalue weighted by molar-refractivity contribution is 7.99. The van der Waals surface area contributed by atoms with E-state index in [-0.39, 0.29) is 5.91 Å². The largest absolute Gasteiger partial charge is 0.356 e. The minimum Gasteiger partial charge on any atom is -0.356 e. The number of para-hydroxylation sites is 1. The molecule has 3 aromatic carbocycles. The van der Waals surface area contributed by atoms with E-state index in [2.05, 4.69) is 16.7 Å². The van der Waals surface area contributed by atoms with Gasteiger partial charge in [0, 0.05) is 22.0 Å². The van der Waals surface area contributed by atoms with Crippen LogP contribution in [-0.4, -0.2) is 11.7 Å². The summed E-state index contributed by atoms with van der Waals surface area (Å²) in [5.74, 6) is 0.124. The van der Waals surface area contributed by atoms with Gasteiger partial charge in [0.15, 0.2) is 0 Å². The summed E-state index contributed by atoms with van der Waals surface area (Å²) in [5.41, 5.74) is 3.24. The van der Waals surface area contributed by atoms with Crippen LogP contribution in [0, 0.1) is 11.3 Å². The molecular weight excluding hydrogens is 342 g/mol. The SMILES string of the molecule is N#CCSc1ccccc1C(=O)Nc1ccc(Nc2ccccc2)cc1. The maximum Gasteiger partial charge on any atom is 0.256 e. The first-order valence-corrected chi connectivity index (χ1v) is 9.07. The fourth-order valence-corrected chi connectivity index (χ4v) is 3.12. The maximum atomic E-state index is 12.6. The monoisotopic (exact) mass is 359 g/mol. The van der Waals surface area contributed by atoms with Crippen LogP contribution in [0.15, 0.2) is 83.8 Å². The molecule has 26 heavy (non-hydrogen) atoms. The summed E-state index contributed by atoms with van der Waals surface area (Å²) in [4.78, 5) is 13.4. The summed E-state index contributed by atoms with van der Waals surface area (Å²) in [6, 6.07) is 26.8. The summed E-state index contributed by atoms with van der Waals surface area (Å²) in [6.45, 7) is 0. The van der Waals surface area contributed by atoms with Crippen molar-refractivity contribution in [2.45, 2.75) is 4.90 Å². The number of nitrogens with one attached hydrogen (secondary N) is 2. The van der Waals surface area contributed by atoms with Crippen LogP contribution in [0.25, 0.3) is 0 Å². The molecule has 2 N–H and O–H groups in total. The maximum absolute atomic E-state index is 12.6. The van der Waals surface area contributed by atoms with Crippen LogP contribution in [0.4, 0.5) is 17.1 Å². The van der Waals surface area contributed by atoms with E-state index in [4.69, 9.17) is 5.26 Å². The van der Waals surface area contributed by atoms with Crippen molar-refractivity contribution in [1.29, 1.82) is 5.26 Å². The number of thioether (sulfide) groups is 1. The molecule has 0 saturated carbocycles. The number of hydrogen-bond acceptors (Lipinski definition) is 4. The first kappa shape index (κ1) is 17.6. The molecular formula is C21H17N3OS. The van der Waals surface area contributed by atoms with Gasteiger partial charge in [-0.25, -0.2) is 0 Å². The third-order valence-corrected chi connectivity index (χ3v) is 4.57. The molecule has 0 aliphatic heterocycles. The van der Waals surface area contributed by atoms with Crippen molar-refractivity contribution in [2.75, 3.05) is 16.4 Å². The van der Waals surface area contributed by atoms with Crippen molar-refractivity contribution in [3.05, 3.63) is 84.4 Å². The molecule has 0 spiro atoms. The van der Waals surface area contributed by atoms with Gasteiger partial charge in [0.05, 0.1) is 17.4 Å².